The van der Waals surface area contributed by atoms with E-state index >= 15 is 0 Å². The number of urea groups is 1. The first-order valence-corrected chi connectivity index (χ1v) is 15.0. The summed E-state index contributed by atoms with van der Waals surface area (Å²) in [6, 6.07) is 17.8. The molecule has 1 aliphatic heterocycles. The molecule has 0 saturated heterocycles. The smallest absolute Gasteiger partial charge is 0.337 e. The summed E-state index contributed by atoms with van der Waals surface area (Å²) >= 11 is 2.22. The average Bonchev–Trinajstić information content (AvgIpc) is 3.00. The third kappa shape index (κ3) is 8.63. The molecule has 232 valence electrons. The molecule has 0 saturated carbocycles. The fourth-order valence-corrected chi connectivity index (χ4v) is 5.07. The van der Waals surface area contributed by atoms with E-state index in [2.05, 4.69) is 62.8 Å². The molecule has 11 nitrogen and oxygen atoms in total. The molecular formula is C32H35IN4O7. The van der Waals surface area contributed by atoms with Gasteiger partial charge in [-0.2, -0.15) is 5.10 Å². The summed E-state index contributed by atoms with van der Waals surface area (Å²) in [6.07, 6.45) is 0.480. The van der Waals surface area contributed by atoms with Crippen molar-refractivity contribution >= 4 is 40.8 Å². The maximum absolute atomic E-state index is 12.4. The number of nitrogens with zero attached hydrogens (tertiary/aromatic N) is 1. The van der Waals surface area contributed by atoms with Gasteiger partial charge in [-0.1, -0.05) is 35.9 Å². The standard InChI is InChI=1S/C32H35IN4O7/c1-5-42-27-15-23(30-29(31(39)41-4)20(3)35-32(40)36-30)11-13-26(27)44-18-28(38)37-34-16-22-10-12-25(24(33)14-22)43-17-21-8-6-19(2)7-9-21/h6-16,28,30,37-38H,5,17-18H2,1-4H3,(H2,35,36,40)/b34-16-/t28-,30+/m0/s1. The van der Waals surface area contributed by atoms with Gasteiger partial charge >= 0.3 is 12.0 Å². The minimum absolute atomic E-state index is 0.128. The van der Waals surface area contributed by atoms with Gasteiger partial charge < -0.3 is 34.7 Å². The van der Waals surface area contributed by atoms with Gasteiger partial charge in [-0.3, -0.25) is 5.43 Å². The second-order valence-electron chi connectivity index (χ2n) is 9.88. The summed E-state index contributed by atoms with van der Waals surface area (Å²) in [5.41, 5.74) is 7.05. The normalized spacial score (nSPS) is 15.3. The van der Waals surface area contributed by atoms with Gasteiger partial charge in [-0.25, -0.2) is 9.59 Å². The molecule has 3 aromatic rings. The Hall–Kier alpha value is -4.30. The fraction of sp³-hybridized carbons (Fsp3) is 0.281. The molecule has 44 heavy (non-hydrogen) atoms. The van der Waals surface area contributed by atoms with Crippen LogP contribution in [0.25, 0.3) is 0 Å². The van der Waals surface area contributed by atoms with Crippen LogP contribution >= 0.6 is 22.6 Å². The SMILES string of the molecule is CCOc1cc([C@H]2NC(=O)NC(C)=C2C(=O)OC)ccc1OC[C@H](O)N/N=C\c1ccc(OCc2ccc(C)cc2)c(I)c1. The maximum atomic E-state index is 12.4. The number of allylic oxidation sites excluding steroid dienone is 1. The van der Waals surface area contributed by atoms with E-state index in [0.717, 1.165) is 20.4 Å². The van der Waals surface area contributed by atoms with E-state index in [-0.39, 0.29) is 12.2 Å². The van der Waals surface area contributed by atoms with Crippen molar-refractivity contribution in [2.24, 2.45) is 5.10 Å². The zero-order valence-electron chi connectivity index (χ0n) is 24.8. The van der Waals surface area contributed by atoms with Crippen molar-refractivity contribution in [2.45, 2.75) is 39.6 Å². The highest BCUT2D eigenvalue weighted by molar-refractivity contribution is 14.1. The minimum atomic E-state index is -1.11. The Morgan fingerprint density at radius 3 is 2.50 bits per heavy atom. The van der Waals surface area contributed by atoms with Crippen LogP contribution in [0.4, 0.5) is 4.79 Å². The van der Waals surface area contributed by atoms with E-state index < -0.39 is 24.3 Å². The lowest BCUT2D eigenvalue weighted by Gasteiger charge is -2.28. The zero-order chi connectivity index (χ0) is 31.6. The number of hydrogen-bond acceptors (Lipinski definition) is 9. The Balaban J connectivity index is 1.34. The first kappa shape index (κ1) is 32.6. The van der Waals surface area contributed by atoms with Gasteiger partial charge in [0.25, 0.3) is 0 Å². The van der Waals surface area contributed by atoms with Gasteiger partial charge in [0, 0.05) is 5.70 Å². The van der Waals surface area contributed by atoms with Crippen LogP contribution in [0.5, 0.6) is 17.2 Å². The number of carbonyl (C=O) groups excluding carboxylic acids is 2. The summed E-state index contributed by atoms with van der Waals surface area (Å²) < 4.78 is 23.4. The molecule has 0 unspecified atom stereocenters. The van der Waals surface area contributed by atoms with Crippen LogP contribution < -0.4 is 30.3 Å². The predicted molar refractivity (Wildman–Crippen MR) is 174 cm³/mol. The van der Waals surface area contributed by atoms with Crippen LogP contribution in [0, 0.1) is 10.5 Å². The number of rotatable bonds is 13. The van der Waals surface area contributed by atoms with Crippen molar-refractivity contribution in [1.82, 2.24) is 16.1 Å². The molecular weight excluding hydrogens is 679 g/mol. The lowest BCUT2D eigenvalue weighted by Crippen LogP contribution is -2.45. The van der Waals surface area contributed by atoms with E-state index in [9.17, 15) is 14.7 Å². The van der Waals surface area contributed by atoms with Crippen LogP contribution in [0.2, 0.25) is 0 Å². The molecule has 2 atom stereocenters. The van der Waals surface area contributed by atoms with Crippen molar-refractivity contribution in [3.8, 4) is 17.2 Å². The highest BCUT2D eigenvalue weighted by atomic mass is 127. The minimum Gasteiger partial charge on any atom is -0.490 e. The van der Waals surface area contributed by atoms with E-state index in [1.54, 1.807) is 31.3 Å². The molecule has 0 aromatic heterocycles. The third-order valence-corrected chi connectivity index (χ3v) is 7.42. The number of carbonyl (C=O) groups is 2. The molecule has 0 radical (unpaired) electrons. The Morgan fingerprint density at radius 1 is 1.05 bits per heavy atom. The van der Waals surface area contributed by atoms with Crippen molar-refractivity contribution in [3.05, 3.63) is 97.8 Å². The number of amides is 2. The highest BCUT2D eigenvalue weighted by Crippen LogP contribution is 2.35. The summed E-state index contributed by atoms with van der Waals surface area (Å²) in [5.74, 6) is 0.965. The van der Waals surface area contributed by atoms with Crippen LogP contribution in [0.1, 0.15) is 42.1 Å². The number of nitrogens with one attached hydrogen (secondary N) is 3. The molecule has 0 aliphatic carbocycles. The number of hydrogen-bond donors (Lipinski definition) is 4. The van der Waals surface area contributed by atoms with Gasteiger partial charge in [0.1, 0.15) is 19.0 Å². The van der Waals surface area contributed by atoms with Crippen molar-refractivity contribution in [2.75, 3.05) is 20.3 Å². The number of aliphatic hydroxyl groups is 1. The van der Waals surface area contributed by atoms with Crippen LogP contribution in [0.3, 0.4) is 0 Å². The number of ether oxygens (including phenoxy) is 4. The molecule has 0 fully saturated rings. The molecule has 2 amide bonds. The fourth-order valence-electron chi connectivity index (χ4n) is 4.38. The van der Waals surface area contributed by atoms with E-state index in [1.165, 1.54) is 12.7 Å². The molecule has 1 aliphatic rings. The number of methoxy groups -OCH3 is 1. The first-order chi connectivity index (χ1) is 21.2. The van der Waals surface area contributed by atoms with E-state index in [4.69, 9.17) is 18.9 Å². The predicted octanol–water partition coefficient (Wildman–Crippen LogP) is 4.70. The number of aliphatic hydroxyl groups excluding tert-OH is 1. The van der Waals surface area contributed by atoms with Crippen LogP contribution in [0.15, 0.2) is 77.0 Å². The van der Waals surface area contributed by atoms with Crippen LogP contribution in [-0.2, 0) is 16.1 Å². The molecule has 12 heteroatoms. The van der Waals surface area contributed by atoms with E-state index in [0.29, 0.717) is 36.0 Å². The second-order valence-corrected chi connectivity index (χ2v) is 11.0. The molecule has 3 aromatic carbocycles. The largest absolute Gasteiger partial charge is 0.490 e. The summed E-state index contributed by atoms with van der Waals surface area (Å²) in [4.78, 5) is 24.6. The quantitative estimate of drug-likeness (QED) is 0.0658. The molecule has 4 N–H and O–H groups in total. The number of halogens is 1. The highest BCUT2D eigenvalue weighted by Gasteiger charge is 2.32. The lowest BCUT2D eigenvalue weighted by atomic mass is 9.95. The summed E-state index contributed by atoms with van der Waals surface area (Å²) in [6.45, 7) is 6.20. The topological polar surface area (TPSA) is 140 Å². The van der Waals surface area contributed by atoms with Gasteiger partial charge in [-0.15, -0.1) is 0 Å². The molecule has 1 heterocycles. The van der Waals surface area contributed by atoms with Gasteiger partial charge in [0.05, 0.1) is 35.1 Å². The molecule has 0 spiro atoms. The number of aryl methyl sites for hydroxylation is 1. The molecule has 0 bridgehead atoms. The molecule has 4 rings (SSSR count). The van der Waals surface area contributed by atoms with E-state index in [1.807, 2.05) is 37.3 Å². The lowest BCUT2D eigenvalue weighted by molar-refractivity contribution is -0.136. The van der Waals surface area contributed by atoms with Crippen molar-refractivity contribution in [3.63, 3.8) is 0 Å². The van der Waals surface area contributed by atoms with Gasteiger partial charge in [0.2, 0.25) is 0 Å². The van der Waals surface area contributed by atoms with Crippen molar-refractivity contribution in [1.29, 1.82) is 0 Å². The second kappa shape index (κ2) is 15.4. The zero-order valence-corrected chi connectivity index (χ0v) is 27.0. The third-order valence-electron chi connectivity index (χ3n) is 6.58. The average molecular weight is 715 g/mol. The van der Waals surface area contributed by atoms with Gasteiger partial charge in [-0.05, 0) is 90.4 Å². The summed E-state index contributed by atoms with van der Waals surface area (Å²) in [7, 11) is 1.28. The number of esters is 1. The Bertz CT molecular complexity index is 1540. The summed E-state index contributed by atoms with van der Waals surface area (Å²) in [5, 5.41) is 19.9. The van der Waals surface area contributed by atoms with Crippen LogP contribution in [-0.4, -0.2) is 49.9 Å². The monoisotopic (exact) mass is 714 g/mol. The maximum Gasteiger partial charge on any atom is 0.337 e. The Kier molecular flexibility index (Phi) is 11.4. The Morgan fingerprint density at radius 2 is 1.80 bits per heavy atom. The Labute approximate surface area is 269 Å². The number of benzene rings is 3. The van der Waals surface area contributed by atoms with Crippen molar-refractivity contribution < 1.29 is 33.6 Å². The number of hydrazone groups is 1. The van der Waals surface area contributed by atoms with Gasteiger partial charge in [0.15, 0.2) is 17.7 Å². The first-order valence-electron chi connectivity index (χ1n) is 13.9.